The van der Waals surface area contributed by atoms with Crippen LogP contribution in [0.1, 0.15) is 412 Å². The highest BCUT2D eigenvalue weighted by atomic mass is 16.7. The van der Waals surface area contributed by atoms with Crippen molar-refractivity contribution in [1.82, 2.24) is 0 Å². The maximum Gasteiger partial charge on any atom is 0.361 e. The smallest absolute Gasteiger partial charge is 0.361 e. The van der Waals surface area contributed by atoms with E-state index in [1.807, 2.05) is 21.1 Å². The van der Waals surface area contributed by atoms with Crippen LogP contribution in [0.15, 0.2) is 48.6 Å². The van der Waals surface area contributed by atoms with Gasteiger partial charge in [0.1, 0.15) is 13.2 Å². The van der Waals surface area contributed by atoms with Gasteiger partial charge in [-0.1, -0.05) is 396 Å². The van der Waals surface area contributed by atoms with E-state index in [2.05, 4.69) is 62.5 Å². The molecule has 0 aromatic heterocycles. The van der Waals surface area contributed by atoms with Gasteiger partial charge in [-0.2, -0.15) is 0 Å². The number of aliphatic carboxylic acids is 1. The van der Waals surface area contributed by atoms with Gasteiger partial charge < -0.3 is 28.5 Å². The van der Waals surface area contributed by atoms with Gasteiger partial charge in [-0.15, -0.1) is 0 Å². The quantitative estimate of drug-likeness (QED) is 0.0211. The molecule has 0 spiro atoms. The molecule has 0 aliphatic carbocycles. The van der Waals surface area contributed by atoms with Crippen molar-refractivity contribution < 1.29 is 42.9 Å². The molecule has 2 atom stereocenters. The van der Waals surface area contributed by atoms with Gasteiger partial charge in [-0.25, -0.2) is 4.79 Å². The highest BCUT2D eigenvalue weighted by molar-refractivity contribution is 5.71. The second-order valence-corrected chi connectivity index (χ2v) is 29.1. The van der Waals surface area contributed by atoms with E-state index in [0.29, 0.717) is 17.4 Å². The summed E-state index contributed by atoms with van der Waals surface area (Å²) in [7, 11) is 6.00. The summed E-state index contributed by atoms with van der Waals surface area (Å²) >= 11 is 0. The molecular weight excluding hydrogens is 1150 g/mol. The van der Waals surface area contributed by atoms with E-state index in [9.17, 15) is 19.5 Å². The predicted octanol–water partition coefficient (Wildman–Crippen LogP) is 26.0. The van der Waals surface area contributed by atoms with E-state index in [1.54, 1.807) is 0 Å². The summed E-state index contributed by atoms with van der Waals surface area (Å²) in [6, 6.07) is 0. The van der Waals surface area contributed by atoms with Crippen LogP contribution in [0.4, 0.5) is 0 Å². The molecule has 93 heavy (non-hydrogen) atoms. The normalized spacial score (nSPS) is 12.8. The van der Waals surface area contributed by atoms with Crippen molar-refractivity contribution in [3.05, 3.63) is 48.6 Å². The second-order valence-electron chi connectivity index (χ2n) is 29.1. The molecule has 0 aliphatic heterocycles. The van der Waals surface area contributed by atoms with Crippen molar-refractivity contribution in [2.45, 2.75) is 424 Å². The number of unbranched alkanes of at least 4 members (excludes halogenated alkanes) is 54. The molecule has 9 heteroatoms. The molecular formula is C84H158NO8+. The summed E-state index contributed by atoms with van der Waals surface area (Å²) in [6.45, 7) is 4.85. The van der Waals surface area contributed by atoms with Crippen LogP contribution in [-0.4, -0.2) is 87.4 Å². The molecule has 9 nitrogen and oxygen atoms in total. The first-order valence-corrected chi connectivity index (χ1v) is 40.8. The lowest BCUT2D eigenvalue weighted by atomic mass is 10.0. The maximum absolute atomic E-state index is 13.0. The number of carboxylic acids is 1. The summed E-state index contributed by atoms with van der Waals surface area (Å²) < 4.78 is 23.1. The molecule has 1 N–H and O–H groups in total. The summed E-state index contributed by atoms with van der Waals surface area (Å²) in [5, 5.41) is 9.78. The highest BCUT2D eigenvalue weighted by Gasteiger charge is 2.25. The number of rotatable bonds is 77. The molecule has 0 amide bonds. The van der Waals surface area contributed by atoms with E-state index >= 15 is 0 Å². The molecule has 0 bridgehead atoms. The lowest BCUT2D eigenvalue weighted by Gasteiger charge is -2.25. The number of ether oxygens (including phenoxy) is 4. The Morgan fingerprint density at radius 3 is 0.914 bits per heavy atom. The van der Waals surface area contributed by atoms with Crippen molar-refractivity contribution in [2.75, 3.05) is 47.5 Å². The van der Waals surface area contributed by atoms with Crippen LogP contribution in [-0.2, 0) is 33.3 Å². The van der Waals surface area contributed by atoms with E-state index in [4.69, 9.17) is 18.9 Å². The molecule has 0 aromatic rings. The zero-order valence-electron chi connectivity index (χ0n) is 62.7. The Labute approximate surface area is 578 Å². The molecule has 0 heterocycles. The average Bonchev–Trinajstić information content (AvgIpc) is 3.38. The fraction of sp³-hybridized carbons (Fsp3) is 0.869. The summed E-state index contributed by atoms with van der Waals surface area (Å²) in [4.78, 5) is 37.7. The largest absolute Gasteiger partial charge is 0.477 e. The van der Waals surface area contributed by atoms with Gasteiger partial charge in [0.15, 0.2) is 6.10 Å². The van der Waals surface area contributed by atoms with Gasteiger partial charge in [-0.3, -0.25) is 9.59 Å². The monoisotopic (exact) mass is 1310 g/mol. The number of carbonyl (C=O) groups excluding carboxylic acids is 2. The lowest BCUT2D eigenvalue weighted by molar-refractivity contribution is -0.870. The molecule has 0 aromatic carbocycles. The number of carboxylic acid groups (broad SMARTS) is 1. The van der Waals surface area contributed by atoms with Crippen LogP contribution in [0.5, 0.6) is 0 Å². The van der Waals surface area contributed by atoms with Gasteiger partial charge in [0.25, 0.3) is 6.29 Å². The molecule has 0 fully saturated rings. The van der Waals surface area contributed by atoms with Crippen molar-refractivity contribution in [2.24, 2.45) is 0 Å². The molecule has 0 rings (SSSR count). The number of quaternary nitrogens is 1. The van der Waals surface area contributed by atoms with Gasteiger partial charge in [0.05, 0.1) is 34.4 Å². The Kier molecular flexibility index (Phi) is 72.8. The Morgan fingerprint density at radius 1 is 0.333 bits per heavy atom. The van der Waals surface area contributed by atoms with E-state index < -0.39 is 18.4 Å². The maximum atomic E-state index is 13.0. The fourth-order valence-corrected chi connectivity index (χ4v) is 12.4. The minimum atomic E-state index is -1.51. The van der Waals surface area contributed by atoms with E-state index in [0.717, 1.165) is 64.2 Å². The van der Waals surface area contributed by atoms with Gasteiger partial charge in [0, 0.05) is 12.8 Å². The lowest BCUT2D eigenvalue weighted by Crippen LogP contribution is -2.40. The van der Waals surface area contributed by atoms with Gasteiger partial charge >= 0.3 is 17.9 Å². The Balaban J connectivity index is 3.94. The van der Waals surface area contributed by atoms with Gasteiger partial charge in [-0.05, 0) is 51.4 Å². The molecule has 0 aliphatic rings. The third-order valence-electron chi connectivity index (χ3n) is 18.6. The SMILES string of the molecule is CC/C=C\C/C=C\C/C=C\C/C=C\CCCCCCCCCCCCCCCCCCCCCCCCCCCCC(=O)OC(COC(=O)CCCCCCCCCCCCCCCCCCCCCCCCCCCCCCC)COC(OCC[N+](C)(C)C)C(=O)O. The van der Waals surface area contributed by atoms with Crippen LogP contribution in [0.2, 0.25) is 0 Å². The fourth-order valence-electron chi connectivity index (χ4n) is 12.4. The van der Waals surface area contributed by atoms with Crippen molar-refractivity contribution in [3.63, 3.8) is 0 Å². The first kappa shape index (κ1) is 90.2. The predicted molar refractivity (Wildman–Crippen MR) is 401 cm³/mol. The van der Waals surface area contributed by atoms with Crippen LogP contribution < -0.4 is 0 Å². The molecule has 0 saturated heterocycles. The van der Waals surface area contributed by atoms with E-state index in [1.165, 1.54) is 321 Å². The number of nitrogens with zero attached hydrogens (tertiary/aromatic N) is 1. The average molecular weight is 1310 g/mol. The Morgan fingerprint density at radius 2 is 0.613 bits per heavy atom. The third-order valence-corrected chi connectivity index (χ3v) is 18.6. The minimum absolute atomic E-state index is 0.174. The first-order valence-electron chi connectivity index (χ1n) is 40.8. The molecule has 2 unspecified atom stereocenters. The zero-order chi connectivity index (χ0) is 67.5. The van der Waals surface area contributed by atoms with Crippen molar-refractivity contribution >= 4 is 17.9 Å². The van der Waals surface area contributed by atoms with Crippen LogP contribution in [0, 0.1) is 0 Å². The Hall–Kier alpha value is -2.75. The van der Waals surface area contributed by atoms with E-state index in [-0.39, 0.29) is 38.2 Å². The summed E-state index contributed by atoms with van der Waals surface area (Å²) in [5.74, 6) is -1.97. The zero-order valence-corrected chi connectivity index (χ0v) is 62.7. The Bertz CT molecular complexity index is 1670. The number of esters is 2. The first-order chi connectivity index (χ1) is 45.6. The summed E-state index contributed by atoms with van der Waals surface area (Å²) in [5.41, 5.74) is 0. The molecule has 0 saturated carbocycles. The standard InChI is InChI=1S/C84H157NO8/c1-6-8-10-12-14-16-18-20-22-24-26-28-30-32-34-36-37-38-39-40-41-42-43-44-45-47-49-51-53-55-57-59-61-63-65-67-69-71-73-75-82(87)93-80(79-92-84(83(88)89)90-77-76-85(3,4)5)78-91-81(86)74-72-70-68-66-64-62-60-58-56-54-52-50-48-46-35-33-31-29-27-25-23-21-19-17-15-13-11-9-7-2/h8,10,14,16,20,22,26,28,80,84H,6-7,9,11-13,15,17-19,21,23-25,27,29-79H2,1-5H3/p+1/b10-8-,16-14-,22-20-,28-26-. The number of carbonyl (C=O) groups is 3. The molecule has 546 valence electrons. The van der Waals surface area contributed by atoms with Crippen LogP contribution >= 0.6 is 0 Å². The molecule has 0 radical (unpaired) electrons. The topological polar surface area (TPSA) is 108 Å². The van der Waals surface area contributed by atoms with Crippen molar-refractivity contribution in [1.29, 1.82) is 0 Å². The summed E-state index contributed by atoms with van der Waals surface area (Å²) in [6.07, 6.45) is 95.7. The number of hydrogen-bond donors (Lipinski definition) is 1. The number of allylic oxidation sites excluding steroid dienone is 8. The minimum Gasteiger partial charge on any atom is -0.477 e. The van der Waals surface area contributed by atoms with Crippen LogP contribution in [0.25, 0.3) is 0 Å². The van der Waals surface area contributed by atoms with Crippen LogP contribution in [0.3, 0.4) is 0 Å². The highest BCUT2D eigenvalue weighted by Crippen LogP contribution is 2.20. The third kappa shape index (κ3) is 76.5. The number of hydrogen-bond acceptors (Lipinski definition) is 7. The van der Waals surface area contributed by atoms with Gasteiger partial charge in [0.2, 0.25) is 0 Å². The second kappa shape index (κ2) is 75.0. The van der Waals surface area contributed by atoms with Crippen molar-refractivity contribution in [3.8, 4) is 0 Å². The number of likely N-dealkylation sites (N-methyl/N-ethyl adjacent to an activating group) is 1.